The quantitative estimate of drug-likeness (QED) is 0.585. The van der Waals surface area contributed by atoms with Crippen LogP contribution in [0.2, 0.25) is 0 Å². The highest BCUT2D eigenvalue weighted by molar-refractivity contribution is 7.98. The van der Waals surface area contributed by atoms with Crippen LogP contribution in [0.25, 0.3) is 11.0 Å². The van der Waals surface area contributed by atoms with Crippen molar-refractivity contribution in [2.45, 2.75) is 4.90 Å². The van der Waals surface area contributed by atoms with Crippen LogP contribution in [0, 0.1) is 0 Å². The second-order valence-electron chi connectivity index (χ2n) is 2.62. The lowest BCUT2D eigenvalue weighted by atomic mass is 10.3. The van der Waals surface area contributed by atoms with E-state index in [0.717, 1.165) is 22.2 Å². The molecule has 3 nitrogen and oxygen atoms in total. The largest absolute Gasteiger partial charge is 0.336 e. The molecule has 0 unspecified atom stereocenters. The van der Waals surface area contributed by atoms with Crippen LogP contribution in [-0.4, -0.2) is 22.5 Å². The highest BCUT2D eigenvalue weighted by Crippen LogP contribution is 2.19. The van der Waals surface area contributed by atoms with Gasteiger partial charge >= 0.3 is 0 Å². The third kappa shape index (κ3) is 1.45. The third-order valence-corrected chi connectivity index (χ3v) is 2.54. The zero-order valence-corrected chi connectivity index (χ0v) is 7.89. The Morgan fingerprint density at radius 3 is 3.08 bits per heavy atom. The Morgan fingerprint density at radius 2 is 2.38 bits per heavy atom. The average molecular weight is 192 g/mol. The van der Waals surface area contributed by atoms with E-state index in [1.165, 1.54) is 0 Å². The minimum Gasteiger partial charge on any atom is -0.336 e. The molecular weight excluding hydrogens is 184 g/mol. The Bertz CT molecular complexity index is 450. The van der Waals surface area contributed by atoms with Crippen LogP contribution in [0.1, 0.15) is 10.6 Å². The molecule has 1 aromatic carbocycles. The van der Waals surface area contributed by atoms with E-state index in [2.05, 4.69) is 9.97 Å². The minimum atomic E-state index is 0.383. The SMILES string of the molecule is CSc1ccc2nc(C=O)[nH]c2c1. The maximum Gasteiger partial charge on any atom is 0.185 e. The number of carbonyl (C=O) groups excluding carboxylic acids is 1. The zero-order valence-electron chi connectivity index (χ0n) is 7.07. The molecule has 13 heavy (non-hydrogen) atoms. The molecule has 0 saturated carbocycles. The van der Waals surface area contributed by atoms with Crippen molar-refractivity contribution in [1.29, 1.82) is 0 Å². The number of benzene rings is 1. The molecule has 0 fully saturated rings. The van der Waals surface area contributed by atoms with Gasteiger partial charge in [-0.2, -0.15) is 0 Å². The highest BCUT2D eigenvalue weighted by atomic mass is 32.2. The summed E-state index contributed by atoms with van der Waals surface area (Å²) in [5.41, 5.74) is 1.74. The van der Waals surface area contributed by atoms with Crippen molar-refractivity contribution in [2.75, 3.05) is 6.26 Å². The molecule has 2 aromatic rings. The Labute approximate surface area is 79.6 Å². The van der Waals surface area contributed by atoms with Crippen molar-refractivity contribution < 1.29 is 4.79 Å². The van der Waals surface area contributed by atoms with Crippen LogP contribution in [0.15, 0.2) is 23.1 Å². The number of hydrogen-bond acceptors (Lipinski definition) is 3. The van der Waals surface area contributed by atoms with Gasteiger partial charge in [0.2, 0.25) is 0 Å². The van der Waals surface area contributed by atoms with Crippen molar-refractivity contribution >= 4 is 29.1 Å². The van der Waals surface area contributed by atoms with Gasteiger partial charge in [-0.15, -0.1) is 11.8 Å². The van der Waals surface area contributed by atoms with Gasteiger partial charge in [-0.3, -0.25) is 4.79 Å². The predicted octanol–water partition coefficient (Wildman–Crippen LogP) is 2.10. The molecular formula is C9H8N2OS. The molecule has 2 rings (SSSR count). The summed E-state index contributed by atoms with van der Waals surface area (Å²) >= 11 is 1.66. The Balaban J connectivity index is 2.63. The number of aromatic amines is 1. The lowest BCUT2D eigenvalue weighted by Gasteiger charge is -1.93. The number of thioether (sulfide) groups is 1. The molecule has 0 saturated heterocycles. The molecule has 0 amide bonds. The molecule has 0 aliphatic rings. The number of rotatable bonds is 2. The van der Waals surface area contributed by atoms with Crippen LogP contribution in [0.3, 0.4) is 0 Å². The summed E-state index contributed by atoms with van der Waals surface area (Å²) in [7, 11) is 0. The van der Waals surface area contributed by atoms with Crippen molar-refractivity contribution in [3.05, 3.63) is 24.0 Å². The van der Waals surface area contributed by atoms with Gasteiger partial charge in [0.05, 0.1) is 11.0 Å². The number of aromatic nitrogens is 2. The summed E-state index contributed by atoms with van der Waals surface area (Å²) in [6.45, 7) is 0. The molecule has 0 bridgehead atoms. The summed E-state index contributed by atoms with van der Waals surface area (Å²) in [5.74, 6) is 0.383. The second-order valence-corrected chi connectivity index (χ2v) is 3.50. The molecule has 1 aromatic heterocycles. The first-order valence-corrected chi connectivity index (χ1v) is 5.05. The number of imidazole rings is 1. The van der Waals surface area contributed by atoms with Gasteiger partial charge in [0.25, 0.3) is 0 Å². The lowest BCUT2D eigenvalue weighted by molar-refractivity contribution is 0.111. The molecule has 66 valence electrons. The normalized spacial score (nSPS) is 10.5. The van der Waals surface area contributed by atoms with Gasteiger partial charge in [-0.25, -0.2) is 4.98 Å². The summed E-state index contributed by atoms with van der Waals surface area (Å²) in [6.07, 6.45) is 2.73. The maximum atomic E-state index is 10.4. The van der Waals surface area contributed by atoms with Crippen LogP contribution < -0.4 is 0 Å². The number of fused-ring (bicyclic) bond motifs is 1. The van der Waals surface area contributed by atoms with Gasteiger partial charge in [0, 0.05) is 4.90 Å². The molecule has 1 heterocycles. The summed E-state index contributed by atoms with van der Waals surface area (Å²) in [4.78, 5) is 18.6. The number of carbonyl (C=O) groups is 1. The lowest BCUT2D eigenvalue weighted by Crippen LogP contribution is -1.78. The zero-order chi connectivity index (χ0) is 9.26. The van der Waals surface area contributed by atoms with Crippen LogP contribution in [0.5, 0.6) is 0 Å². The Kier molecular flexibility index (Phi) is 2.06. The average Bonchev–Trinajstić information content (AvgIpc) is 2.58. The van der Waals surface area contributed by atoms with E-state index >= 15 is 0 Å². The van der Waals surface area contributed by atoms with E-state index in [0.29, 0.717) is 5.82 Å². The van der Waals surface area contributed by atoms with E-state index < -0.39 is 0 Å². The fraction of sp³-hybridized carbons (Fsp3) is 0.111. The number of nitrogens with one attached hydrogen (secondary N) is 1. The fourth-order valence-electron chi connectivity index (χ4n) is 1.19. The van der Waals surface area contributed by atoms with E-state index in [1.54, 1.807) is 11.8 Å². The van der Waals surface area contributed by atoms with Gasteiger partial charge in [-0.1, -0.05) is 0 Å². The van der Waals surface area contributed by atoms with Crippen molar-refractivity contribution in [3.8, 4) is 0 Å². The number of aldehydes is 1. The van der Waals surface area contributed by atoms with E-state index in [-0.39, 0.29) is 0 Å². The van der Waals surface area contributed by atoms with E-state index in [4.69, 9.17) is 0 Å². The van der Waals surface area contributed by atoms with Crippen molar-refractivity contribution in [1.82, 2.24) is 9.97 Å². The van der Waals surface area contributed by atoms with Crippen LogP contribution in [-0.2, 0) is 0 Å². The first-order chi connectivity index (χ1) is 6.33. The summed E-state index contributed by atoms with van der Waals surface area (Å²) in [5, 5.41) is 0. The van der Waals surface area contributed by atoms with Gasteiger partial charge < -0.3 is 4.98 Å². The van der Waals surface area contributed by atoms with Crippen LogP contribution >= 0.6 is 11.8 Å². The van der Waals surface area contributed by atoms with Crippen molar-refractivity contribution in [3.63, 3.8) is 0 Å². The van der Waals surface area contributed by atoms with E-state index in [1.807, 2.05) is 24.5 Å². The van der Waals surface area contributed by atoms with Gasteiger partial charge in [0.15, 0.2) is 12.1 Å². The van der Waals surface area contributed by atoms with Gasteiger partial charge in [0.1, 0.15) is 0 Å². The molecule has 0 radical (unpaired) electrons. The first kappa shape index (κ1) is 8.31. The molecule has 0 atom stereocenters. The number of hydrogen-bond donors (Lipinski definition) is 1. The molecule has 1 N–H and O–H groups in total. The molecule has 4 heteroatoms. The third-order valence-electron chi connectivity index (χ3n) is 1.82. The first-order valence-electron chi connectivity index (χ1n) is 3.82. The molecule has 0 aliphatic carbocycles. The van der Waals surface area contributed by atoms with Crippen molar-refractivity contribution in [2.24, 2.45) is 0 Å². The van der Waals surface area contributed by atoms with E-state index in [9.17, 15) is 4.79 Å². The van der Waals surface area contributed by atoms with Gasteiger partial charge in [-0.05, 0) is 24.5 Å². The van der Waals surface area contributed by atoms with Crippen LogP contribution in [0.4, 0.5) is 0 Å². The number of nitrogens with zero attached hydrogens (tertiary/aromatic N) is 1. The second kappa shape index (κ2) is 3.22. The number of H-pyrrole nitrogens is 1. The summed E-state index contributed by atoms with van der Waals surface area (Å²) in [6, 6.07) is 5.88. The topological polar surface area (TPSA) is 45.8 Å². The maximum absolute atomic E-state index is 10.4. The standard InChI is InChI=1S/C9H8N2OS/c1-13-6-2-3-7-8(4-6)11-9(5-12)10-7/h2-5H,1H3,(H,10,11). The monoisotopic (exact) mass is 192 g/mol. The molecule has 0 aliphatic heterocycles. The predicted molar refractivity (Wildman–Crippen MR) is 53.3 cm³/mol. The summed E-state index contributed by atoms with van der Waals surface area (Å²) < 4.78 is 0. The fourth-order valence-corrected chi connectivity index (χ4v) is 1.63. The Morgan fingerprint density at radius 1 is 1.54 bits per heavy atom. The highest BCUT2D eigenvalue weighted by Gasteiger charge is 2.01. The molecule has 0 spiro atoms. The minimum absolute atomic E-state index is 0.383. The Hall–Kier alpha value is -1.29. The smallest absolute Gasteiger partial charge is 0.185 e.